The Morgan fingerprint density at radius 3 is 2.36 bits per heavy atom. The summed E-state index contributed by atoms with van der Waals surface area (Å²) in [6.07, 6.45) is 0. The molecule has 4 aromatic carbocycles. The number of halogens is 1. The molecule has 36 heavy (non-hydrogen) atoms. The van der Waals surface area contributed by atoms with Gasteiger partial charge in [-0.05, 0) is 60.2 Å². The van der Waals surface area contributed by atoms with Crippen molar-refractivity contribution >= 4 is 59.4 Å². The fourth-order valence-corrected chi connectivity index (χ4v) is 6.62. The van der Waals surface area contributed by atoms with E-state index in [9.17, 15) is 8.42 Å². The monoisotopic (exact) mass is 531 g/mol. The number of para-hydroxylation sites is 2. The van der Waals surface area contributed by atoms with Crippen molar-refractivity contribution in [1.29, 1.82) is 0 Å². The molecule has 0 spiro atoms. The van der Waals surface area contributed by atoms with Gasteiger partial charge >= 0.3 is 0 Å². The van der Waals surface area contributed by atoms with Gasteiger partial charge in [-0.15, -0.1) is 0 Å². The normalized spacial score (nSPS) is 11.8. The molecule has 0 aliphatic heterocycles. The van der Waals surface area contributed by atoms with Crippen LogP contribution in [-0.4, -0.2) is 18.4 Å². The SMILES string of the molecule is O=S(=O)(c1ccc(-c2nc3ccccc3o2)cc1)N(Cc1ccccc1)c1nc2cc(Cl)ccc2s1. The summed E-state index contributed by atoms with van der Waals surface area (Å²) in [5, 5.41) is 0.922. The van der Waals surface area contributed by atoms with E-state index < -0.39 is 10.0 Å². The lowest BCUT2D eigenvalue weighted by Crippen LogP contribution is -2.30. The van der Waals surface area contributed by atoms with Crippen LogP contribution >= 0.6 is 22.9 Å². The number of fused-ring (bicyclic) bond motifs is 2. The molecule has 0 N–H and O–H groups in total. The van der Waals surface area contributed by atoms with Crippen LogP contribution in [-0.2, 0) is 16.6 Å². The molecule has 2 heterocycles. The van der Waals surface area contributed by atoms with Crippen LogP contribution in [0.2, 0.25) is 5.02 Å². The van der Waals surface area contributed by atoms with Gasteiger partial charge in [0.15, 0.2) is 5.58 Å². The van der Waals surface area contributed by atoms with E-state index in [0.29, 0.717) is 32.7 Å². The van der Waals surface area contributed by atoms with Crippen LogP contribution in [0.5, 0.6) is 0 Å². The molecule has 0 bridgehead atoms. The average molecular weight is 532 g/mol. The fourth-order valence-electron chi connectivity index (χ4n) is 3.89. The van der Waals surface area contributed by atoms with Crippen LogP contribution in [0.3, 0.4) is 0 Å². The van der Waals surface area contributed by atoms with Crippen LogP contribution in [0, 0.1) is 0 Å². The second-order valence-electron chi connectivity index (χ2n) is 8.12. The summed E-state index contributed by atoms with van der Waals surface area (Å²) in [5.41, 5.74) is 3.61. The minimum Gasteiger partial charge on any atom is -0.436 e. The van der Waals surface area contributed by atoms with E-state index in [1.54, 1.807) is 36.4 Å². The zero-order valence-corrected chi connectivity index (χ0v) is 21.1. The highest BCUT2D eigenvalue weighted by Crippen LogP contribution is 2.35. The summed E-state index contributed by atoms with van der Waals surface area (Å²) in [6, 6.07) is 28.8. The third kappa shape index (κ3) is 4.24. The van der Waals surface area contributed by atoms with E-state index in [1.165, 1.54) is 15.6 Å². The van der Waals surface area contributed by atoms with Gasteiger partial charge in [0.1, 0.15) is 5.52 Å². The third-order valence-electron chi connectivity index (χ3n) is 5.70. The first kappa shape index (κ1) is 22.7. The van der Waals surface area contributed by atoms with E-state index >= 15 is 0 Å². The Labute approximate surface area is 216 Å². The number of sulfonamides is 1. The molecule has 178 valence electrons. The summed E-state index contributed by atoms with van der Waals surface area (Å²) >= 11 is 7.44. The van der Waals surface area contributed by atoms with Crippen molar-refractivity contribution in [3.8, 4) is 11.5 Å². The first-order chi connectivity index (χ1) is 17.5. The van der Waals surface area contributed by atoms with Crippen LogP contribution in [0.15, 0.2) is 106 Å². The van der Waals surface area contributed by atoms with Crippen LogP contribution in [0.1, 0.15) is 5.56 Å². The van der Waals surface area contributed by atoms with Crippen molar-refractivity contribution < 1.29 is 12.8 Å². The Morgan fingerprint density at radius 1 is 0.833 bits per heavy atom. The zero-order chi connectivity index (χ0) is 24.7. The molecule has 0 amide bonds. The summed E-state index contributed by atoms with van der Waals surface area (Å²) in [4.78, 5) is 9.25. The molecule has 0 aliphatic rings. The molecule has 2 aromatic heterocycles. The maximum atomic E-state index is 13.9. The van der Waals surface area contributed by atoms with Crippen molar-refractivity contribution in [2.75, 3.05) is 4.31 Å². The van der Waals surface area contributed by atoms with Crippen molar-refractivity contribution in [3.63, 3.8) is 0 Å². The zero-order valence-electron chi connectivity index (χ0n) is 18.7. The van der Waals surface area contributed by atoms with E-state index in [1.807, 2.05) is 60.7 Å². The number of aromatic nitrogens is 2. The molecule has 0 unspecified atom stereocenters. The molecule has 6 aromatic rings. The molecule has 9 heteroatoms. The summed E-state index contributed by atoms with van der Waals surface area (Å²) in [7, 11) is -3.94. The van der Waals surface area contributed by atoms with Crippen molar-refractivity contribution in [3.05, 3.63) is 108 Å². The van der Waals surface area contributed by atoms with Crippen LogP contribution < -0.4 is 4.31 Å². The number of benzene rings is 4. The van der Waals surface area contributed by atoms with E-state index in [4.69, 9.17) is 16.0 Å². The molecule has 6 nitrogen and oxygen atoms in total. The predicted molar refractivity (Wildman–Crippen MR) is 144 cm³/mol. The van der Waals surface area contributed by atoms with Gasteiger partial charge in [-0.25, -0.2) is 22.7 Å². The Balaban J connectivity index is 1.40. The lowest BCUT2D eigenvalue weighted by atomic mass is 10.2. The number of oxazole rings is 1. The van der Waals surface area contributed by atoms with Gasteiger partial charge in [-0.3, -0.25) is 0 Å². The van der Waals surface area contributed by atoms with Gasteiger partial charge in [0.2, 0.25) is 11.0 Å². The highest BCUT2D eigenvalue weighted by Gasteiger charge is 2.28. The van der Waals surface area contributed by atoms with Gasteiger partial charge in [0.25, 0.3) is 10.0 Å². The minimum absolute atomic E-state index is 0.142. The smallest absolute Gasteiger partial charge is 0.266 e. The van der Waals surface area contributed by atoms with Gasteiger partial charge in [-0.2, -0.15) is 0 Å². The topological polar surface area (TPSA) is 76.3 Å². The number of nitrogens with zero attached hydrogens (tertiary/aromatic N) is 3. The first-order valence-electron chi connectivity index (χ1n) is 11.1. The maximum Gasteiger partial charge on any atom is 0.266 e. The molecule has 0 radical (unpaired) electrons. The Bertz CT molecular complexity index is 1760. The van der Waals surface area contributed by atoms with Crippen LogP contribution in [0.25, 0.3) is 32.8 Å². The minimum atomic E-state index is -3.94. The van der Waals surface area contributed by atoms with Gasteiger partial charge in [0.05, 0.1) is 21.7 Å². The summed E-state index contributed by atoms with van der Waals surface area (Å²) in [6.45, 7) is 0.142. The second-order valence-corrected chi connectivity index (χ2v) is 11.4. The van der Waals surface area contributed by atoms with E-state index in [-0.39, 0.29) is 11.4 Å². The van der Waals surface area contributed by atoms with Gasteiger partial charge < -0.3 is 4.42 Å². The molecular weight excluding hydrogens is 514 g/mol. The lowest BCUT2D eigenvalue weighted by molar-refractivity contribution is 0.590. The fraction of sp³-hybridized carbons (Fsp3) is 0.0370. The second kappa shape index (κ2) is 9.05. The number of anilines is 1. The standard InChI is InChI=1S/C27H18ClN3O3S2/c28-20-12-15-25-23(16-20)30-27(35-25)31(17-18-6-2-1-3-7-18)36(32,33)21-13-10-19(11-14-21)26-29-22-8-4-5-9-24(22)34-26/h1-16H,17H2. The third-order valence-corrected chi connectivity index (χ3v) is 8.86. The number of hydrogen-bond acceptors (Lipinski definition) is 6. The number of thiazole rings is 1. The molecule has 6 rings (SSSR count). The Morgan fingerprint density at radius 2 is 1.58 bits per heavy atom. The first-order valence-corrected chi connectivity index (χ1v) is 13.7. The van der Waals surface area contributed by atoms with Crippen molar-refractivity contribution in [1.82, 2.24) is 9.97 Å². The average Bonchev–Trinajstić information content (AvgIpc) is 3.52. The van der Waals surface area contributed by atoms with E-state index in [2.05, 4.69) is 9.97 Å². The summed E-state index contributed by atoms with van der Waals surface area (Å²) in [5.74, 6) is 0.435. The quantitative estimate of drug-likeness (QED) is 0.228. The molecule has 0 fully saturated rings. The molecular formula is C27H18ClN3O3S2. The number of rotatable bonds is 6. The molecule has 0 saturated heterocycles. The Kier molecular flexibility index (Phi) is 5.72. The van der Waals surface area contributed by atoms with Crippen molar-refractivity contribution in [2.45, 2.75) is 11.4 Å². The van der Waals surface area contributed by atoms with Gasteiger partial charge in [0, 0.05) is 10.6 Å². The van der Waals surface area contributed by atoms with E-state index in [0.717, 1.165) is 15.8 Å². The predicted octanol–water partition coefficient (Wildman–Crippen LogP) is 7.15. The van der Waals surface area contributed by atoms with Crippen LogP contribution in [0.4, 0.5) is 5.13 Å². The Hall–Kier alpha value is -3.72. The van der Waals surface area contributed by atoms with Gasteiger partial charge in [-0.1, -0.05) is 65.4 Å². The molecule has 0 aliphatic carbocycles. The highest BCUT2D eigenvalue weighted by molar-refractivity contribution is 7.93. The molecule has 0 atom stereocenters. The summed E-state index contributed by atoms with van der Waals surface area (Å²) < 4.78 is 35.8. The molecule has 0 saturated carbocycles. The maximum absolute atomic E-state index is 13.9. The highest BCUT2D eigenvalue weighted by atomic mass is 35.5. The number of hydrogen-bond donors (Lipinski definition) is 0. The lowest BCUT2D eigenvalue weighted by Gasteiger charge is -2.22. The van der Waals surface area contributed by atoms with Crippen molar-refractivity contribution in [2.24, 2.45) is 0 Å². The largest absolute Gasteiger partial charge is 0.436 e.